The molecule has 0 aromatic heterocycles. The second kappa shape index (κ2) is 7.86. The molecular weight excluding hydrogens is 368 g/mol. The third-order valence-electron chi connectivity index (χ3n) is 6.04. The van der Waals surface area contributed by atoms with Crippen molar-refractivity contribution in [2.75, 3.05) is 39.5 Å². The van der Waals surface area contributed by atoms with Gasteiger partial charge in [0.15, 0.2) is 11.5 Å². The lowest BCUT2D eigenvalue weighted by Crippen LogP contribution is -2.47. The van der Waals surface area contributed by atoms with Gasteiger partial charge in [0.05, 0.1) is 6.10 Å². The highest BCUT2D eigenvalue weighted by Gasteiger charge is 2.23. The monoisotopic (exact) mass is 396 g/mol. The normalized spacial score (nSPS) is 22.3. The van der Waals surface area contributed by atoms with Gasteiger partial charge in [-0.3, -0.25) is 9.80 Å². The molecule has 6 nitrogen and oxygen atoms in total. The second-order valence-corrected chi connectivity index (χ2v) is 8.28. The quantitative estimate of drug-likeness (QED) is 0.839. The second-order valence-electron chi connectivity index (χ2n) is 8.28. The van der Waals surface area contributed by atoms with Crippen molar-refractivity contribution in [2.45, 2.75) is 32.1 Å². The molecule has 0 aliphatic carbocycles. The number of piperazine rings is 1. The van der Waals surface area contributed by atoms with Crippen LogP contribution in [0.5, 0.6) is 17.2 Å². The van der Waals surface area contributed by atoms with Gasteiger partial charge in [0.2, 0.25) is 6.79 Å². The van der Waals surface area contributed by atoms with E-state index < -0.39 is 6.10 Å². The molecule has 2 aromatic carbocycles. The maximum atomic E-state index is 10.7. The van der Waals surface area contributed by atoms with Crippen LogP contribution < -0.4 is 14.2 Å². The van der Waals surface area contributed by atoms with Crippen LogP contribution in [0.25, 0.3) is 0 Å². The van der Waals surface area contributed by atoms with E-state index in [0.29, 0.717) is 13.3 Å². The summed E-state index contributed by atoms with van der Waals surface area (Å²) >= 11 is 0. The molecule has 3 aliphatic heterocycles. The van der Waals surface area contributed by atoms with E-state index in [-0.39, 0.29) is 6.10 Å². The van der Waals surface area contributed by atoms with Gasteiger partial charge in [-0.15, -0.1) is 0 Å². The number of β-amino-alcohol motifs (C(OH)–C–C–N with tert-alkyl or cyclic N) is 1. The van der Waals surface area contributed by atoms with E-state index in [4.69, 9.17) is 14.2 Å². The van der Waals surface area contributed by atoms with Crippen LogP contribution in [-0.2, 0) is 13.0 Å². The molecule has 2 atom stereocenters. The van der Waals surface area contributed by atoms with Crippen LogP contribution >= 0.6 is 0 Å². The fourth-order valence-electron chi connectivity index (χ4n) is 4.43. The van der Waals surface area contributed by atoms with Crippen molar-refractivity contribution in [1.82, 2.24) is 9.80 Å². The van der Waals surface area contributed by atoms with Crippen LogP contribution in [0.15, 0.2) is 36.4 Å². The van der Waals surface area contributed by atoms with Crippen molar-refractivity contribution in [3.8, 4) is 17.2 Å². The number of nitrogens with zero attached hydrogens (tertiary/aromatic N) is 2. The van der Waals surface area contributed by atoms with E-state index in [1.807, 2.05) is 18.2 Å². The third-order valence-corrected chi connectivity index (χ3v) is 6.04. The molecule has 1 N–H and O–H groups in total. The van der Waals surface area contributed by atoms with Crippen LogP contribution in [0, 0.1) is 0 Å². The Balaban J connectivity index is 1.13. The number of aliphatic hydroxyl groups is 1. The molecule has 3 aliphatic rings. The predicted molar refractivity (Wildman–Crippen MR) is 109 cm³/mol. The molecule has 29 heavy (non-hydrogen) atoms. The molecule has 1 fully saturated rings. The summed E-state index contributed by atoms with van der Waals surface area (Å²) in [6.45, 7) is 7.91. The van der Waals surface area contributed by atoms with Gasteiger partial charge in [-0.1, -0.05) is 12.1 Å². The zero-order chi connectivity index (χ0) is 19.8. The molecule has 3 heterocycles. The fraction of sp³-hybridized carbons (Fsp3) is 0.478. The highest BCUT2D eigenvalue weighted by Crippen LogP contribution is 2.33. The zero-order valence-corrected chi connectivity index (χ0v) is 16.8. The first kappa shape index (κ1) is 18.7. The maximum Gasteiger partial charge on any atom is 0.231 e. The van der Waals surface area contributed by atoms with Crippen molar-refractivity contribution in [3.63, 3.8) is 0 Å². The summed E-state index contributed by atoms with van der Waals surface area (Å²) in [6.07, 6.45) is 0.695. The van der Waals surface area contributed by atoms with Gasteiger partial charge in [0.25, 0.3) is 0 Å². The zero-order valence-electron chi connectivity index (χ0n) is 16.8. The van der Waals surface area contributed by atoms with E-state index in [0.717, 1.165) is 62.0 Å². The van der Waals surface area contributed by atoms with Gasteiger partial charge in [-0.2, -0.15) is 0 Å². The summed E-state index contributed by atoms with van der Waals surface area (Å²) < 4.78 is 16.6. The molecule has 2 aromatic rings. The molecule has 0 bridgehead atoms. The fourth-order valence-corrected chi connectivity index (χ4v) is 4.43. The van der Waals surface area contributed by atoms with Crippen molar-refractivity contribution >= 4 is 0 Å². The SMILES string of the molecule is C[C@@H]1Cc2cc([C@@H](O)CN3CCN(Cc4ccc5c(c4)OCO5)CC3)ccc2O1. The highest BCUT2D eigenvalue weighted by atomic mass is 16.7. The molecule has 0 radical (unpaired) electrons. The predicted octanol–water partition coefficient (Wildman–Crippen LogP) is 2.59. The van der Waals surface area contributed by atoms with Gasteiger partial charge >= 0.3 is 0 Å². The van der Waals surface area contributed by atoms with Crippen molar-refractivity contribution in [3.05, 3.63) is 53.1 Å². The Kier molecular flexibility index (Phi) is 5.08. The van der Waals surface area contributed by atoms with E-state index >= 15 is 0 Å². The molecule has 154 valence electrons. The average molecular weight is 396 g/mol. The first-order valence-electron chi connectivity index (χ1n) is 10.4. The largest absolute Gasteiger partial charge is 0.490 e. The number of aliphatic hydroxyl groups excluding tert-OH is 1. The molecular formula is C23H28N2O4. The summed E-state index contributed by atoms with van der Waals surface area (Å²) in [5.74, 6) is 2.64. The van der Waals surface area contributed by atoms with Gasteiger partial charge < -0.3 is 19.3 Å². The van der Waals surface area contributed by atoms with E-state index in [1.54, 1.807) is 0 Å². The van der Waals surface area contributed by atoms with Crippen LogP contribution in [0.1, 0.15) is 29.7 Å². The Morgan fingerprint density at radius 3 is 2.59 bits per heavy atom. The Bertz CT molecular complexity index is 879. The molecule has 0 unspecified atom stereocenters. The van der Waals surface area contributed by atoms with Crippen molar-refractivity contribution in [1.29, 1.82) is 0 Å². The van der Waals surface area contributed by atoms with E-state index in [1.165, 1.54) is 11.1 Å². The minimum atomic E-state index is -0.461. The number of fused-ring (bicyclic) bond motifs is 2. The van der Waals surface area contributed by atoms with Crippen LogP contribution in [0.4, 0.5) is 0 Å². The average Bonchev–Trinajstić information content (AvgIpc) is 3.33. The topological polar surface area (TPSA) is 54.4 Å². The Hall–Kier alpha value is -2.28. The van der Waals surface area contributed by atoms with Gasteiger partial charge in [-0.25, -0.2) is 0 Å². The van der Waals surface area contributed by atoms with Crippen LogP contribution in [0.3, 0.4) is 0 Å². The summed E-state index contributed by atoms with van der Waals surface area (Å²) in [7, 11) is 0. The number of hydrogen-bond acceptors (Lipinski definition) is 6. The smallest absolute Gasteiger partial charge is 0.231 e. The van der Waals surface area contributed by atoms with Gasteiger partial charge in [0.1, 0.15) is 11.9 Å². The first-order chi connectivity index (χ1) is 14.1. The van der Waals surface area contributed by atoms with E-state index in [9.17, 15) is 5.11 Å². The minimum Gasteiger partial charge on any atom is -0.490 e. The molecule has 0 saturated carbocycles. The first-order valence-corrected chi connectivity index (χ1v) is 10.4. The van der Waals surface area contributed by atoms with Gasteiger partial charge in [-0.05, 0) is 47.9 Å². The molecule has 1 saturated heterocycles. The lowest BCUT2D eigenvalue weighted by molar-refractivity contribution is 0.0700. The lowest BCUT2D eigenvalue weighted by atomic mass is 10.0. The summed E-state index contributed by atoms with van der Waals surface area (Å²) in [6, 6.07) is 12.3. The van der Waals surface area contributed by atoms with Crippen LogP contribution in [0.2, 0.25) is 0 Å². The summed E-state index contributed by atoms with van der Waals surface area (Å²) in [5.41, 5.74) is 3.45. The molecule has 0 amide bonds. The molecule has 5 rings (SSSR count). The Morgan fingerprint density at radius 2 is 1.72 bits per heavy atom. The summed E-state index contributed by atoms with van der Waals surface area (Å²) in [5, 5.41) is 10.7. The summed E-state index contributed by atoms with van der Waals surface area (Å²) in [4.78, 5) is 4.81. The minimum absolute atomic E-state index is 0.232. The van der Waals surface area contributed by atoms with Crippen molar-refractivity contribution in [2.24, 2.45) is 0 Å². The molecule has 0 spiro atoms. The molecule has 6 heteroatoms. The number of hydrogen-bond donors (Lipinski definition) is 1. The highest BCUT2D eigenvalue weighted by molar-refractivity contribution is 5.44. The number of rotatable bonds is 5. The number of benzene rings is 2. The Labute approximate surface area is 171 Å². The Morgan fingerprint density at radius 1 is 0.966 bits per heavy atom. The maximum absolute atomic E-state index is 10.7. The van der Waals surface area contributed by atoms with Crippen LogP contribution in [-0.4, -0.2) is 60.5 Å². The van der Waals surface area contributed by atoms with E-state index in [2.05, 4.69) is 34.9 Å². The van der Waals surface area contributed by atoms with Gasteiger partial charge in [0, 0.05) is 45.7 Å². The standard InChI is InChI=1S/C23H28N2O4/c1-16-10-19-12-18(3-5-21(19)29-16)20(26)14-25-8-6-24(7-9-25)13-17-2-4-22-23(11-17)28-15-27-22/h2-5,11-12,16,20,26H,6-10,13-15H2,1H3/t16-,20+/m1/s1. The number of ether oxygens (including phenoxy) is 3. The van der Waals surface area contributed by atoms with Crippen molar-refractivity contribution < 1.29 is 19.3 Å². The lowest BCUT2D eigenvalue weighted by Gasteiger charge is -2.35. The third kappa shape index (κ3) is 4.06.